The summed E-state index contributed by atoms with van der Waals surface area (Å²) >= 11 is 0. The van der Waals surface area contributed by atoms with Crippen LogP contribution in [0.25, 0.3) is 10.9 Å². The second-order valence-corrected chi connectivity index (χ2v) is 3.49. The SMILES string of the molecule is CC(C)c1cnc2cnccc2c1. The van der Waals surface area contributed by atoms with Crippen molar-refractivity contribution in [2.45, 2.75) is 19.8 Å². The lowest BCUT2D eigenvalue weighted by molar-refractivity contribution is 0.862. The highest BCUT2D eigenvalue weighted by Gasteiger charge is 2.00. The Morgan fingerprint density at radius 3 is 2.85 bits per heavy atom. The summed E-state index contributed by atoms with van der Waals surface area (Å²) in [4.78, 5) is 8.36. The lowest BCUT2D eigenvalue weighted by Crippen LogP contribution is -1.89. The van der Waals surface area contributed by atoms with E-state index in [0.29, 0.717) is 5.92 Å². The van der Waals surface area contributed by atoms with E-state index in [-0.39, 0.29) is 0 Å². The molecule has 0 amide bonds. The van der Waals surface area contributed by atoms with E-state index < -0.39 is 0 Å². The Bertz CT molecular complexity index is 421. The van der Waals surface area contributed by atoms with Gasteiger partial charge in [-0.1, -0.05) is 13.8 Å². The van der Waals surface area contributed by atoms with Crippen molar-refractivity contribution in [2.24, 2.45) is 0 Å². The molecule has 0 fully saturated rings. The van der Waals surface area contributed by atoms with Gasteiger partial charge in [0, 0.05) is 17.8 Å². The summed E-state index contributed by atoms with van der Waals surface area (Å²) in [5, 5.41) is 1.17. The van der Waals surface area contributed by atoms with Gasteiger partial charge in [0.2, 0.25) is 0 Å². The van der Waals surface area contributed by atoms with Gasteiger partial charge in [-0.2, -0.15) is 0 Å². The third kappa shape index (κ3) is 1.52. The second-order valence-electron chi connectivity index (χ2n) is 3.49. The predicted octanol–water partition coefficient (Wildman–Crippen LogP) is 2.75. The number of hydrogen-bond acceptors (Lipinski definition) is 2. The van der Waals surface area contributed by atoms with Crippen molar-refractivity contribution in [1.82, 2.24) is 9.97 Å². The third-order valence-corrected chi connectivity index (χ3v) is 2.17. The van der Waals surface area contributed by atoms with Gasteiger partial charge in [0.15, 0.2) is 0 Å². The van der Waals surface area contributed by atoms with Gasteiger partial charge in [-0.15, -0.1) is 0 Å². The molecule has 0 aliphatic rings. The van der Waals surface area contributed by atoms with Crippen molar-refractivity contribution in [3.05, 3.63) is 36.3 Å². The molecule has 0 bridgehead atoms. The Morgan fingerprint density at radius 2 is 2.08 bits per heavy atom. The van der Waals surface area contributed by atoms with Gasteiger partial charge in [0.05, 0.1) is 11.7 Å². The Kier molecular flexibility index (Phi) is 1.97. The van der Waals surface area contributed by atoms with Gasteiger partial charge >= 0.3 is 0 Å². The molecule has 0 saturated carbocycles. The third-order valence-electron chi connectivity index (χ3n) is 2.17. The van der Waals surface area contributed by atoms with E-state index >= 15 is 0 Å². The van der Waals surface area contributed by atoms with Gasteiger partial charge in [-0.25, -0.2) is 0 Å². The highest BCUT2D eigenvalue weighted by atomic mass is 14.7. The molecule has 0 aromatic carbocycles. The lowest BCUT2D eigenvalue weighted by Gasteiger charge is -2.04. The van der Waals surface area contributed by atoms with Crippen LogP contribution in [0.1, 0.15) is 25.3 Å². The molecule has 0 N–H and O–H groups in total. The van der Waals surface area contributed by atoms with Crippen molar-refractivity contribution in [2.75, 3.05) is 0 Å². The standard InChI is InChI=1S/C11H12N2/c1-8(2)10-5-9-3-4-12-7-11(9)13-6-10/h3-8H,1-2H3. The fourth-order valence-electron chi connectivity index (χ4n) is 1.30. The molecule has 66 valence electrons. The van der Waals surface area contributed by atoms with Crippen LogP contribution >= 0.6 is 0 Å². The molecule has 0 saturated heterocycles. The van der Waals surface area contributed by atoms with Crippen LogP contribution in [0.4, 0.5) is 0 Å². The fourth-order valence-corrected chi connectivity index (χ4v) is 1.30. The maximum Gasteiger partial charge on any atom is 0.0885 e. The normalized spacial score (nSPS) is 11.0. The molecule has 13 heavy (non-hydrogen) atoms. The molecule has 2 heteroatoms. The molecule has 2 aromatic rings. The molecule has 2 nitrogen and oxygen atoms in total. The summed E-state index contributed by atoms with van der Waals surface area (Å²) in [5.41, 5.74) is 2.24. The number of aromatic nitrogens is 2. The molecule has 0 unspecified atom stereocenters. The molecule has 0 aliphatic carbocycles. The van der Waals surface area contributed by atoms with Crippen LogP contribution < -0.4 is 0 Å². The number of hydrogen-bond donors (Lipinski definition) is 0. The van der Waals surface area contributed by atoms with Crippen LogP contribution in [-0.4, -0.2) is 9.97 Å². The van der Waals surface area contributed by atoms with Crippen LogP contribution in [0.15, 0.2) is 30.7 Å². The average Bonchev–Trinajstić information content (AvgIpc) is 2.17. The van der Waals surface area contributed by atoms with Gasteiger partial charge in [0.1, 0.15) is 0 Å². The Hall–Kier alpha value is -1.44. The van der Waals surface area contributed by atoms with Crippen LogP contribution in [0.2, 0.25) is 0 Å². The van der Waals surface area contributed by atoms with E-state index in [1.54, 1.807) is 12.4 Å². The predicted molar refractivity (Wildman–Crippen MR) is 53.6 cm³/mol. The first-order chi connectivity index (χ1) is 6.27. The molecule has 2 rings (SSSR count). The Balaban J connectivity index is 2.62. The highest BCUT2D eigenvalue weighted by molar-refractivity contribution is 5.77. The first-order valence-corrected chi connectivity index (χ1v) is 4.47. The molecule has 0 atom stereocenters. The van der Waals surface area contributed by atoms with E-state index in [2.05, 4.69) is 29.9 Å². The fraction of sp³-hybridized carbons (Fsp3) is 0.273. The van der Waals surface area contributed by atoms with Gasteiger partial charge in [-0.05, 0) is 23.6 Å². The minimum absolute atomic E-state index is 0.532. The van der Waals surface area contributed by atoms with Crippen LogP contribution in [0.5, 0.6) is 0 Å². The molecule has 0 spiro atoms. The van der Waals surface area contributed by atoms with Crippen molar-refractivity contribution in [3.8, 4) is 0 Å². The molecular weight excluding hydrogens is 160 g/mol. The Labute approximate surface area is 77.6 Å². The number of pyridine rings is 2. The van der Waals surface area contributed by atoms with Crippen LogP contribution in [0.3, 0.4) is 0 Å². The lowest BCUT2D eigenvalue weighted by atomic mass is 10.0. The minimum atomic E-state index is 0.532. The monoisotopic (exact) mass is 172 g/mol. The minimum Gasteiger partial charge on any atom is -0.262 e. The zero-order valence-corrected chi connectivity index (χ0v) is 7.86. The zero-order valence-electron chi connectivity index (χ0n) is 7.86. The van der Waals surface area contributed by atoms with E-state index in [9.17, 15) is 0 Å². The van der Waals surface area contributed by atoms with E-state index in [1.165, 1.54) is 10.9 Å². The van der Waals surface area contributed by atoms with Crippen molar-refractivity contribution < 1.29 is 0 Å². The van der Waals surface area contributed by atoms with Crippen molar-refractivity contribution in [1.29, 1.82) is 0 Å². The first-order valence-electron chi connectivity index (χ1n) is 4.47. The van der Waals surface area contributed by atoms with Gasteiger partial charge in [-0.3, -0.25) is 9.97 Å². The molecular formula is C11H12N2. The first kappa shape index (κ1) is 8.17. The maximum atomic E-state index is 4.34. The molecule has 2 aromatic heterocycles. The summed E-state index contributed by atoms with van der Waals surface area (Å²) < 4.78 is 0. The van der Waals surface area contributed by atoms with Crippen LogP contribution in [-0.2, 0) is 0 Å². The Morgan fingerprint density at radius 1 is 1.23 bits per heavy atom. The van der Waals surface area contributed by atoms with E-state index in [4.69, 9.17) is 0 Å². The smallest absolute Gasteiger partial charge is 0.0885 e. The van der Waals surface area contributed by atoms with Crippen LogP contribution in [0, 0.1) is 0 Å². The topological polar surface area (TPSA) is 25.8 Å². The number of nitrogens with zero attached hydrogens (tertiary/aromatic N) is 2. The van der Waals surface area contributed by atoms with E-state index in [0.717, 1.165) is 5.52 Å². The maximum absolute atomic E-state index is 4.34. The summed E-state index contributed by atoms with van der Waals surface area (Å²) in [6, 6.07) is 4.17. The van der Waals surface area contributed by atoms with Crippen molar-refractivity contribution >= 4 is 10.9 Å². The van der Waals surface area contributed by atoms with Crippen molar-refractivity contribution in [3.63, 3.8) is 0 Å². The largest absolute Gasteiger partial charge is 0.262 e. The summed E-state index contributed by atoms with van der Waals surface area (Å²) in [5.74, 6) is 0.532. The quantitative estimate of drug-likeness (QED) is 0.661. The highest BCUT2D eigenvalue weighted by Crippen LogP contribution is 2.17. The van der Waals surface area contributed by atoms with E-state index in [1.807, 2.05) is 12.3 Å². The molecule has 0 aliphatic heterocycles. The van der Waals surface area contributed by atoms with Gasteiger partial charge in [0.25, 0.3) is 0 Å². The van der Waals surface area contributed by atoms with Gasteiger partial charge < -0.3 is 0 Å². The summed E-state index contributed by atoms with van der Waals surface area (Å²) in [6.45, 7) is 4.34. The zero-order chi connectivity index (χ0) is 9.26. The number of rotatable bonds is 1. The number of fused-ring (bicyclic) bond motifs is 1. The average molecular weight is 172 g/mol. The second kappa shape index (κ2) is 3.13. The summed E-state index contributed by atoms with van der Waals surface area (Å²) in [7, 11) is 0. The summed E-state index contributed by atoms with van der Waals surface area (Å²) in [6.07, 6.45) is 5.52. The molecule has 2 heterocycles. The molecule has 0 radical (unpaired) electrons.